The van der Waals surface area contributed by atoms with Crippen LogP contribution in [0.2, 0.25) is 0 Å². The van der Waals surface area contributed by atoms with Gasteiger partial charge in [0.25, 0.3) is 0 Å². The maximum Gasteiger partial charge on any atom is 0.128 e. The molecule has 1 unspecified atom stereocenters. The van der Waals surface area contributed by atoms with E-state index in [4.69, 9.17) is 5.73 Å². The van der Waals surface area contributed by atoms with E-state index in [0.29, 0.717) is 12.1 Å². The molecule has 5 heteroatoms. The smallest absolute Gasteiger partial charge is 0.128 e. The molecule has 2 N–H and O–H groups in total. The number of nitrogens with two attached hydrogens (primary N) is 1. The van der Waals surface area contributed by atoms with Crippen molar-refractivity contribution in [2.45, 2.75) is 26.4 Å². The zero-order chi connectivity index (χ0) is 14.7. The SMILES string of the molecule is Cc1ccc(F)c(C(CN)N(C)Cc2scnc2C)c1. The van der Waals surface area contributed by atoms with Crippen LogP contribution in [0.15, 0.2) is 23.7 Å². The molecule has 1 heterocycles. The van der Waals surface area contributed by atoms with Gasteiger partial charge in [0.05, 0.1) is 11.2 Å². The molecule has 3 nitrogen and oxygen atoms in total. The molecule has 20 heavy (non-hydrogen) atoms. The Kier molecular flexibility index (Phi) is 4.86. The fourth-order valence-electron chi connectivity index (χ4n) is 2.28. The highest BCUT2D eigenvalue weighted by Crippen LogP contribution is 2.25. The third kappa shape index (κ3) is 3.23. The van der Waals surface area contributed by atoms with Crippen molar-refractivity contribution in [3.8, 4) is 0 Å². The quantitative estimate of drug-likeness (QED) is 0.921. The molecule has 0 amide bonds. The second-order valence-electron chi connectivity index (χ2n) is 5.05. The van der Waals surface area contributed by atoms with Crippen LogP contribution in [-0.4, -0.2) is 23.5 Å². The Morgan fingerprint density at radius 1 is 1.40 bits per heavy atom. The highest BCUT2D eigenvalue weighted by Gasteiger charge is 2.20. The Morgan fingerprint density at radius 3 is 2.75 bits per heavy atom. The zero-order valence-corrected chi connectivity index (χ0v) is 12.9. The molecule has 1 aromatic heterocycles. The molecule has 0 spiro atoms. The molecule has 0 saturated heterocycles. The third-order valence-corrected chi connectivity index (χ3v) is 4.42. The molecule has 1 atom stereocenters. The van der Waals surface area contributed by atoms with Crippen molar-refractivity contribution >= 4 is 11.3 Å². The van der Waals surface area contributed by atoms with Gasteiger partial charge < -0.3 is 5.73 Å². The van der Waals surface area contributed by atoms with E-state index in [0.717, 1.165) is 17.8 Å². The second kappa shape index (κ2) is 6.43. The summed E-state index contributed by atoms with van der Waals surface area (Å²) < 4.78 is 14.0. The van der Waals surface area contributed by atoms with E-state index in [9.17, 15) is 4.39 Å². The van der Waals surface area contributed by atoms with E-state index < -0.39 is 0 Å². The van der Waals surface area contributed by atoms with Crippen LogP contribution < -0.4 is 5.73 Å². The molecule has 2 rings (SSSR count). The van der Waals surface area contributed by atoms with Gasteiger partial charge in [-0.2, -0.15) is 0 Å². The van der Waals surface area contributed by atoms with Gasteiger partial charge in [0, 0.05) is 29.6 Å². The molecule has 0 bridgehead atoms. The number of nitrogens with zero attached hydrogens (tertiary/aromatic N) is 2. The molecule has 0 aliphatic heterocycles. The van der Waals surface area contributed by atoms with E-state index in [1.165, 1.54) is 10.9 Å². The molecular weight excluding hydrogens is 273 g/mol. The average Bonchev–Trinajstić information content (AvgIpc) is 2.80. The van der Waals surface area contributed by atoms with Crippen molar-refractivity contribution in [3.05, 3.63) is 51.2 Å². The summed E-state index contributed by atoms with van der Waals surface area (Å²) in [4.78, 5) is 7.52. The number of benzene rings is 1. The first-order valence-electron chi connectivity index (χ1n) is 6.58. The number of hydrogen-bond donors (Lipinski definition) is 1. The van der Waals surface area contributed by atoms with Crippen molar-refractivity contribution in [2.24, 2.45) is 5.73 Å². The first kappa shape index (κ1) is 15.1. The average molecular weight is 293 g/mol. The first-order chi connectivity index (χ1) is 9.52. The van der Waals surface area contributed by atoms with Gasteiger partial charge in [-0.05, 0) is 27.0 Å². The zero-order valence-electron chi connectivity index (χ0n) is 12.1. The summed E-state index contributed by atoms with van der Waals surface area (Å²) in [6.07, 6.45) is 0. The van der Waals surface area contributed by atoms with Crippen molar-refractivity contribution in [3.63, 3.8) is 0 Å². The number of thiazole rings is 1. The maximum atomic E-state index is 14.0. The number of hydrogen-bond acceptors (Lipinski definition) is 4. The fourth-order valence-corrected chi connectivity index (χ4v) is 3.12. The Bertz CT molecular complexity index is 582. The third-order valence-electron chi connectivity index (χ3n) is 3.50. The van der Waals surface area contributed by atoms with Crippen LogP contribution in [-0.2, 0) is 6.54 Å². The van der Waals surface area contributed by atoms with E-state index in [2.05, 4.69) is 9.88 Å². The van der Waals surface area contributed by atoms with Crippen LogP contribution in [0.25, 0.3) is 0 Å². The van der Waals surface area contributed by atoms with Crippen molar-refractivity contribution in [2.75, 3.05) is 13.6 Å². The van der Waals surface area contributed by atoms with Gasteiger partial charge >= 0.3 is 0 Å². The van der Waals surface area contributed by atoms with E-state index >= 15 is 0 Å². The Hall–Kier alpha value is -1.30. The van der Waals surface area contributed by atoms with E-state index in [1.54, 1.807) is 17.4 Å². The Balaban J connectivity index is 2.23. The highest BCUT2D eigenvalue weighted by atomic mass is 32.1. The largest absolute Gasteiger partial charge is 0.329 e. The number of likely N-dealkylation sites (N-methyl/N-ethyl adjacent to an activating group) is 1. The van der Waals surface area contributed by atoms with E-state index in [1.807, 2.05) is 32.5 Å². The number of aryl methyl sites for hydroxylation is 2. The van der Waals surface area contributed by atoms with Gasteiger partial charge in [0.2, 0.25) is 0 Å². The highest BCUT2D eigenvalue weighted by molar-refractivity contribution is 7.09. The van der Waals surface area contributed by atoms with Gasteiger partial charge in [-0.25, -0.2) is 9.37 Å². The van der Waals surface area contributed by atoms with Crippen molar-refractivity contribution in [1.29, 1.82) is 0 Å². The number of halogens is 1. The Morgan fingerprint density at radius 2 is 2.15 bits per heavy atom. The van der Waals surface area contributed by atoms with Crippen LogP contribution in [0, 0.1) is 19.7 Å². The van der Waals surface area contributed by atoms with Crippen LogP contribution in [0.3, 0.4) is 0 Å². The maximum absolute atomic E-state index is 14.0. The topological polar surface area (TPSA) is 42.1 Å². The summed E-state index contributed by atoms with van der Waals surface area (Å²) in [6.45, 7) is 5.06. The standard InChI is InChI=1S/C15H20FN3S/c1-10-4-5-13(16)12(6-10)14(7-17)19(3)8-15-11(2)18-9-20-15/h4-6,9,14H,7-8,17H2,1-3H3. The number of aromatic nitrogens is 1. The van der Waals surface area contributed by atoms with Crippen molar-refractivity contribution in [1.82, 2.24) is 9.88 Å². The molecule has 108 valence electrons. The molecule has 0 fully saturated rings. The van der Waals surface area contributed by atoms with E-state index in [-0.39, 0.29) is 11.9 Å². The van der Waals surface area contributed by atoms with Gasteiger partial charge in [-0.1, -0.05) is 17.7 Å². The molecule has 0 radical (unpaired) electrons. The Labute approximate surface area is 123 Å². The fraction of sp³-hybridized carbons (Fsp3) is 0.400. The van der Waals surface area contributed by atoms with Crippen LogP contribution in [0.5, 0.6) is 0 Å². The van der Waals surface area contributed by atoms with Crippen LogP contribution in [0.4, 0.5) is 4.39 Å². The predicted molar refractivity (Wildman–Crippen MR) is 81.3 cm³/mol. The summed E-state index contributed by atoms with van der Waals surface area (Å²) in [5, 5.41) is 0. The minimum Gasteiger partial charge on any atom is -0.329 e. The molecule has 0 aliphatic carbocycles. The van der Waals surface area contributed by atoms with Crippen molar-refractivity contribution < 1.29 is 4.39 Å². The molecule has 1 aromatic carbocycles. The second-order valence-corrected chi connectivity index (χ2v) is 5.99. The number of rotatable bonds is 5. The van der Waals surface area contributed by atoms with Gasteiger partial charge in [0.1, 0.15) is 5.82 Å². The summed E-state index contributed by atoms with van der Waals surface area (Å²) in [7, 11) is 1.97. The molecule has 2 aromatic rings. The lowest BCUT2D eigenvalue weighted by molar-refractivity contribution is 0.238. The lowest BCUT2D eigenvalue weighted by atomic mass is 10.0. The van der Waals surface area contributed by atoms with Gasteiger partial charge in [-0.3, -0.25) is 4.90 Å². The summed E-state index contributed by atoms with van der Waals surface area (Å²) >= 11 is 1.62. The normalized spacial score (nSPS) is 12.9. The van der Waals surface area contributed by atoms with Crippen LogP contribution >= 0.6 is 11.3 Å². The molecule has 0 aliphatic rings. The van der Waals surface area contributed by atoms with Gasteiger partial charge in [0.15, 0.2) is 0 Å². The summed E-state index contributed by atoms with van der Waals surface area (Å²) in [5.41, 5.74) is 10.4. The summed E-state index contributed by atoms with van der Waals surface area (Å²) in [6, 6.07) is 5.04. The summed E-state index contributed by atoms with van der Waals surface area (Å²) in [5.74, 6) is -0.195. The predicted octanol–water partition coefficient (Wildman–Crippen LogP) is 3.03. The van der Waals surface area contributed by atoms with Gasteiger partial charge in [-0.15, -0.1) is 11.3 Å². The lowest BCUT2D eigenvalue weighted by Crippen LogP contribution is -2.31. The van der Waals surface area contributed by atoms with Crippen LogP contribution in [0.1, 0.15) is 27.7 Å². The minimum absolute atomic E-state index is 0.128. The lowest BCUT2D eigenvalue weighted by Gasteiger charge is -2.27. The molecular formula is C15H20FN3S. The molecule has 0 saturated carbocycles. The monoisotopic (exact) mass is 293 g/mol. The first-order valence-corrected chi connectivity index (χ1v) is 7.46. The minimum atomic E-state index is -0.195.